The summed E-state index contributed by atoms with van der Waals surface area (Å²) in [6.07, 6.45) is -1.43. The van der Waals surface area contributed by atoms with Crippen molar-refractivity contribution in [1.82, 2.24) is 0 Å². The van der Waals surface area contributed by atoms with Crippen molar-refractivity contribution < 1.29 is 24.1 Å². The average molecular weight is 273 g/mol. The molecule has 1 N–H and O–H groups in total. The summed E-state index contributed by atoms with van der Waals surface area (Å²) in [6, 6.07) is 3.26. The fourth-order valence-corrected chi connectivity index (χ4v) is 2.06. The van der Waals surface area contributed by atoms with Crippen molar-refractivity contribution in [3.8, 4) is 5.75 Å². The van der Waals surface area contributed by atoms with Gasteiger partial charge in [0.2, 0.25) is 0 Å². The summed E-state index contributed by atoms with van der Waals surface area (Å²) in [4.78, 5) is 11.6. The van der Waals surface area contributed by atoms with E-state index in [0.29, 0.717) is 11.3 Å². The van der Waals surface area contributed by atoms with Gasteiger partial charge in [-0.3, -0.25) is 0 Å². The van der Waals surface area contributed by atoms with Crippen LogP contribution in [-0.2, 0) is 20.9 Å². The number of rotatable bonds is 3. The molecule has 0 aliphatic carbocycles. The van der Waals surface area contributed by atoms with Gasteiger partial charge < -0.3 is 19.3 Å². The Bertz CT molecular complexity index is 460. The maximum Gasteiger partial charge on any atom is 0.339 e. The van der Waals surface area contributed by atoms with Crippen molar-refractivity contribution >= 4 is 17.6 Å². The number of carbonyl (C=O) groups is 1. The van der Waals surface area contributed by atoms with Crippen LogP contribution in [0.25, 0.3) is 0 Å². The third-order valence-corrected chi connectivity index (χ3v) is 2.92. The predicted molar refractivity (Wildman–Crippen MR) is 63.3 cm³/mol. The fourth-order valence-electron chi connectivity index (χ4n) is 1.78. The van der Waals surface area contributed by atoms with Crippen molar-refractivity contribution in [3.63, 3.8) is 0 Å². The minimum atomic E-state index is -1.43. The average Bonchev–Trinajstić information content (AvgIpc) is 2.38. The molecule has 98 valence electrons. The molecule has 0 aromatic heterocycles. The predicted octanol–water partition coefficient (Wildman–Crippen LogP) is 1.80. The van der Waals surface area contributed by atoms with E-state index in [1.807, 2.05) is 0 Å². The van der Waals surface area contributed by atoms with Crippen LogP contribution in [0.15, 0.2) is 12.1 Å². The zero-order valence-corrected chi connectivity index (χ0v) is 10.6. The molecule has 18 heavy (non-hydrogen) atoms. The van der Waals surface area contributed by atoms with Crippen LogP contribution in [0.4, 0.5) is 0 Å². The number of fused-ring (bicyclic) bond motifs is 1. The van der Waals surface area contributed by atoms with E-state index in [0.717, 1.165) is 0 Å². The van der Waals surface area contributed by atoms with Gasteiger partial charge in [-0.1, -0.05) is 11.6 Å². The van der Waals surface area contributed by atoms with Crippen LogP contribution in [0, 0.1) is 0 Å². The van der Waals surface area contributed by atoms with E-state index in [2.05, 4.69) is 0 Å². The molecule has 0 spiro atoms. The molecule has 0 radical (unpaired) electrons. The van der Waals surface area contributed by atoms with E-state index in [-0.39, 0.29) is 30.6 Å². The molecule has 5 nitrogen and oxygen atoms in total. The summed E-state index contributed by atoms with van der Waals surface area (Å²) in [7, 11) is 0. The van der Waals surface area contributed by atoms with Gasteiger partial charge in [-0.25, -0.2) is 4.79 Å². The molecular weight excluding hydrogens is 260 g/mol. The molecule has 1 unspecified atom stereocenters. The lowest BCUT2D eigenvalue weighted by Crippen LogP contribution is -2.20. The monoisotopic (exact) mass is 272 g/mol. The molecule has 1 atom stereocenters. The first-order valence-electron chi connectivity index (χ1n) is 5.51. The van der Waals surface area contributed by atoms with E-state index in [1.54, 1.807) is 19.1 Å². The molecule has 0 fully saturated rings. The van der Waals surface area contributed by atoms with Crippen molar-refractivity contribution in [2.75, 3.05) is 13.4 Å². The van der Waals surface area contributed by atoms with Gasteiger partial charge in [0.1, 0.15) is 5.75 Å². The lowest BCUT2D eigenvalue weighted by Gasteiger charge is -2.23. The van der Waals surface area contributed by atoms with E-state index in [1.165, 1.54) is 0 Å². The van der Waals surface area contributed by atoms with Gasteiger partial charge in [0, 0.05) is 16.1 Å². The standard InChI is InChI=1S/C12H13ClO5/c1-2-17-12(15)11(14)10-7-5-16-6-18-9(7)4-3-8(10)13/h3-4,11,14H,2,5-6H2,1H3. The molecule has 1 aliphatic rings. The van der Waals surface area contributed by atoms with Crippen LogP contribution in [0.5, 0.6) is 5.75 Å². The van der Waals surface area contributed by atoms with Gasteiger partial charge in [0.15, 0.2) is 12.9 Å². The van der Waals surface area contributed by atoms with Gasteiger partial charge in [-0.05, 0) is 19.1 Å². The molecular formula is C12H13ClO5. The van der Waals surface area contributed by atoms with Gasteiger partial charge in [-0.15, -0.1) is 0 Å². The third kappa shape index (κ3) is 2.43. The summed E-state index contributed by atoms with van der Waals surface area (Å²) in [5.41, 5.74) is 0.863. The number of ether oxygens (including phenoxy) is 3. The second kappa shape index (κ2) is 5.56. The molecule has 0 amide bonds. The summed E-state index contributed by atoms with van der Waals surface area (Å²) < 4.78 is 15.2. The Hall–Kier alpha value is -1.30. The molecule has 0 saturated carbocycles. The SMILES string of the molecule is CCOC(=O)C(O)c1c(Cl)ccc2c1COCO2. The quantitative estimate of drug-likeness (QED) is 0.850. The van der Waals surface area contributed by atoms with Gasteiger partial charge in [0.25, 0.3) is 0 Å². The molecule has 6 heteroatoms. The van der Waals surface area contributed by atoms with E-state index in [4.69, 9.17) is 25.8 Å². The van der Waals surface area contributed by atoms with Crippen LogP contribution in [0.1, 0.15) is 24.2 Å². The Kier molecular flexibility index (Phi) is 4.06. The summed E-state index contributed by atoms with van der Waals surface area (Å²) in [5, 5.41) is 10.3. The number of aliphatic hydroxyl groups is 1. The van der Waals surface area contributed by atoms with Crippen LogP contribution in [0.3, 0.4) is 0 Å². The first kappa shape index (κ1) is 13.1. The van der Waals surface area contributed by atoms with Gasteiger partial charge >= 0.3 is 5.97 Å². The third-order valence-electron chi connectivity index (χ3n) is 2.59. The molecule has 1 aliphatic heterocycles. The zero-order valence-electron chi connectivity index (χ0n) is 9.81. The molecule has 0 bridgehead atoms. The summed E-state index contributed by atoms with van der Waals surface area (Å²) >= 11 is 6.02. The molecule has 1 aromatic carbocycles. The first-order valence-corrected chi connectivity index (χ1v) is 5.89. The summed E-state index contributed by atoms with van der Waals surface area (Å²) in [6.45, 7) is 2.24. The Balaban J connectivity index is 2.39. The highest BCUT2D eigenvalue weighted by Crippen LogP contribution is 2.36. The maximum absolute atomic E-state index is 11.6. The lowest BCUT2D eigenvalue weighted by atomic mass is 10.0. The Morgan fingerprint density at radius 1 is 1.61 bits per heavy atom. The zero-order chi connectivity index (χ0) is 13.1. The molecule has 1 aromatic rings. The normalized spacial score (nSPS) is 15.5. The number of benzene rings is 1. The number of carbonyl (C=O) groups excluding carboxylic acids is 1. The van der Waals surface area contributed by atoms with Gasteiger partial charge in [-0.2, -0.15) is 0 Å². The maximum atomic E-state index is 11.6. The highest BCUT2D eigenvalue weighted by molar-refractivity contribution is 6.31. The van der Waals surface area contributed by atoms with Crippen molar-refractivity contribution in [3.05, 3.63) is 28.3 Å². The van der Waals surface area contributed by atoms with Gasteiger partial charge in [0.05, 0.1) is 13.2 Å². The van der Waals surface area contributed by atoms with Crippen molar-refractivity contribution in [2.24, 2.45) is 0 Å². The first-order chi connectivity index (χ1) is 8.65. The Morgan fingerprint density at radius 3 is 3.11 bits per heavy atom. The topological polar surface area (TPSA) is 65.0 Å². The highest BCUT2D eigenvalue weighted by atomic mass is 35.5. The van der Waals surface area contributed by atoms with Crippen LogP contribution in [0.2, 0.25) is 5.02 Å². The second-order valence-corrected chi connectivity index (χ2v) is 4.11. The number of aliphatic hydroxyl groups excluding tert-OH is 1. The number of hydrogen-bond acceptors (Lipinski definition) is 5. The fraction of sp³-hybridized carbons (Fsp3) is 0.417. The van der Waals surface area contributed by atoms with E-state index >= 15 is 0 Å². The Morgan fingerprint density at radius 2 is 2.39 bits per heavy atom. The molecule has 0 saturated heterocycles. The molecule has 1 heterocycles. The van der Waals surface area contributed by atoms with Crippen molar-refractivity contribution in [1.29, 1.82) is 0 Å². The van der Waals surface area contributed by atoms with E-state index < -0.39 is 12.1 Å². The van der Waals surface area contributed by atoms with E-state index in [9.17, 15) is 9.90 Å². The van der Waals surface area contributed by atoms with Crippen molar-refractivity contribution in [2.45, 2.75) is 19.6 Å². The highest BCUT2D eigenvalue weighted by Gasteiger charge is 2.28. The molecule has 2 rings (SSSR count). The van der Waals surface area contributed by atoms with Crippen LogP contribution >= 0.6 is 11.6 Å². The minimum absolute atomic E-state index is 0.142. The largest absolute Gasteiger partial charge is 0.467 e. The second-order valence-electron chi connectivity index (χ2n) is 3.70. The summed E-state index contributed by atoms with van der Waals surface area (Å²) in [5.74, 6) is -0.178. The smallest absolute Gasteiger partial charge is 0.339 e. The lowest BCUT2D eigenvalue weighted by molar-refractivity contribution is -0.153. The van der Waals surface area contributed by atoms with Crippen LogP contribution in [-0.4, -0.2) is 24.5 Å². The Labute approximate surface area is 109 Å². The van der Waals surface area contributed by atoms with Crippen LogP contribution < -0.4 is 4.74 Å². The minimum Gasteiger partial charge on any atom is -0.467 e. The number of halogens is 1. The number of hydrogen-bond donors (Lipinski definition) is 1. The number of esters is 1.